The number of hydrogen-bond acceptors (Lipinski definition) is 4. The van der Waals surface area contributed by atoms with Crippen LogP contribution in [0.25, 0.3) is 11.0 Å². The molecule has 5 nitrogen and oxygen atoms in total. The molecule has 0 aliphatic rings. The van der Waals surface area contributed by atoms with Crippen LogP contribution in [-0.4, -0.2) is 22.5 Å². The van der Waals surface area contributed by atoms with Crippen LogP contribution in [0.2, 0.25) is 0 Å². The van der Waals surface area contributed by atoms with Crippen molar-refractivity contribution in [3.63, 3.8) is 0 Å². The van der Waals surface area contributed by atoms with Crippen LogP contribution in [0.3, 0.4) is 0 Å². The first-order valence-corrected chi connectivity index (χ1v) is 4.87. The van der Waals surface area contributed by atoms with Gasteiger partial charge in [-0.15, -0.1) is 0 Å². The van der Waals surface area contributed by atoms with Gasteiger partial charge in [0.25, 0.3) is 0 Å². The van der Waals surface area contributed by atoms with E-state index in [0.29, 0.717) is 11.0 Å². The summed E-state index contributed by atoms with van der Waals surface area (Å²) in [7, 11) is 0. The fourth-order valence-corrected chi connectivity index (χ4v) is 1.40. The maximum absolute atomic E-state index is 11.6. The van der Waals surface area contributed by atoms with Crippen molar-refractivity contribution in [2.75, 3.05) is 6.61 Å². The molecule has 0 amide bonds. The van der Waals surface area contributed by atoms with Crippen LogP contribution in [0.1, 0.15) is 17.4 Å². The number of rotatable bonds is 2. The Balaban J connectivity index is 2.58. The average molecular weight is 218 g/mol. The van der Waals surface area contributed by atoms with E-state index < -0.39 is 5.97 Å². The lowest BCUT2D eigenvalue weighted by atomic mass is 10.2. The van der Waals surface area contributed by atoms with E-state index >= 15 is 0 Å². The van der Waals surface area contributed by atoms with Crippen LogP contribution in [0.4, 0.5) is 0 Å². The number of aromatic amines is 1. The summed E-state index contributed by atoms with van der Waals surface area (Å²) >= 11 is 0. The fourth-order valence-electron chi connectivity index (χ4n) is 1.40. The lowest BCUT2D eigenvalue weighted by molar-refractivity contribution is 0.0520. The maximum atomic E-state index is 11.6. The Kier molecular flexibility index (Phi) is 2.68. The third-order valence-electron chi connectivity index (χ3n) is 2.08. The second-order valence-corrected chi connectivity index (χ2v) is 3.17. The van der Waals surface area contributed by atoms with E-state index in [9.17, 15) is 9.59 Å². The van der Waals surface area contributed by atoms with Crippen LogP contribution in [-0.2, 0) is 4.74 Å². The third kappa shape index (κ3) is 1.79. The van der Waals surface area contributed by atoms with Crippen molar-refractivity contribution in [1.82, 2.24) is 9.97 Å². The van der Waals surface area contributed by atoms with Gasteiger partial charge >= 0.3 is 5.97 Å². The van der Waals surface area contributed by atoms with Gasteiger partial charge in [0.1, 0.15) is 11.2 Å². The number of pyridine rings is 2. The molecule has 2 aromatic heterocycles. The van der Waals surface area contributed by atoms with Crippen molar-refractivity contribution >= 4 is 17.0 Å². The molecule has 2 rings (SSSR count). The van der Waals surface area contributed by atoms with E-state index in [1.165, 1.54) is 12.3 Å². The highest BCUT2D eigenvalue weighted by atomic mass is 16.5. The van der Waals surface area contributed by atoms with Crippen molar-refractivity contribution in [3.8, 4) is 0 Å². The van der Waals surface area contributed by atoms with Crippen molar-refractivity contribution in [2.24, 2.45) is 0 Å². The maximum Gasteiger partial charge on any atom is 0.354 e. The Bertz CT molecular complexity index is 589. The number of aromatic nitrogens is 2. The molecule has 82 valence electrons. The van der Waals surface area contributed by atoms with E-state index in [0.717, 1.165) is 0 Å². The van der Waals surface area contributed by atoms with Gasteiger partial charge in [0.15, 0.2) is 0 Å². The number of ether oxygens (including phenoxy) is 1. The zero-order valence-electron chi connectivity index (χ0n) is 8.69. The van der Waals surface area contributed by atoms with E-state index in [-0.39, 0.29) is 17.7 Å². The number of H-pyrrole nitrogens is 1. The first-order chi connectivity index (χ1) is 7.72. The van der Waals surface area contributed by atoms with Gasteiger partial charge in [-0.05, 0) is 19.1 Å². The minimum absolute atomic E-state index is 0.146. The second kappa shape index (κ2) is 4.14. The van der Waals surface area contributed by atoms with Crippen molar-refractivity contribution in [2.45, 2.75) is 6.92 Å². The monoisotopic (exact) mass is 218 g/mol. The summed E-state index contributed by atoms with van der Waals surface area (Å²) in [5.74, 6) is -0.537. The standard InChI is InChI=1S/C11H10N2O3/c1-2-16-11(15)8-6-9(14)10-7(13-8)4-3-5-12-10/h3-6H,2H2,1H3,(H,13,14). The van der Waals surface area contributed by atoms with Gasteiger partial charge in [0, 0.05) is 12.3 Å². The molecular formula is C11H10N2O3. The van der Waals surface area contributed by atoms with Crippen LogP contribution in [0, 0.1) is 0 Å². The highest BCUT2D eigenvalue weighted by Crippen LogP contribution is 2.05. The molecule has 0 spiro atoms. The SMILES string of the molecule is CCOC(=O)c1cc(=O)c2ncccc2[nH]1. The van der Waals surface area contributed by atoms with Crippen molar-refractivity contribution in [1.29, 1.82) is 0 Å². The largest absolute Gasteiger partial charge is 0.461 e. The summed E-state index contributed by atoms with van der Waals surface area (Å²) in [5.41, 5.74) is 0.693. The molecule has 0 aromatic carbocycles. The number of carbonyl (C=O) groups is 1. The van der Waals surface area contributed by atoms with E-state index in [1.807, 2.05) is 0 Å². The molecule has 0 atom stereocenters. The van der Waals surface area contributed by atoms with Crippen LogP contribution < -0.4 is 5.43 Å². The highest BCUT2D eigenvalue weighted by molar-refractivity contribution is 5.90. The molecule has 0 fully saturated rings. The van der Waals surface area contributed by atoms with Gasteiger partial charge in [-0.25, -0.2) is 4.79 Å². The number of hydrogen-bond donors (Lipinski definition) is 1. The molecule has 0 saturated carbocycles. The lowest BCUT2D eigenvalue weighted by Gasteiger charge is -2.02. The summed E-state index contributed by atoms with van der Waals surface area (Å²) < 4.78 is 4.80. The number of nitrogens with zero attached hydrogens (tertiary/aromatic N) is 1. The van der Waals surface area contributed by atoms with E-state index in [1.54, 1.807) is 19.1 Å². The normalized spacial score (nSPS) is 10.3. The average Bonchev–Trinajstić information content (AvgIpc) is 2.29. The molecule has 5 heteroatoms. The van der Waals surface area contributed by atoms with Gasteiger partial charge < -0.3 is 9.72 Å². The van der Waals surface area contributed by atoms with E-state index in [4.69, 9.17) is 4.74 Å². The minimum atomic E-state index is -0.537. The van der Waals surface area contributed by atoms with Gasteiger partial charge in [-0.2, -0.15) is 0 Å². The Labute approximate surface area is 91.1 Å². The summed E-state index contributed by atoms with van der Waals surface area (Å²) in [6.45, 7) is 1.98. The Hall–Kier alpha value is -2.17. The summed E-state index contributed by atoms with van der Waals surface area (Å²) in [6.07, 6.45) is 1.53. The number of carbonyl (C=O) groups excluding carboxylic acids is 1. The number of esters is 1. The molecule has 1 N–H and O–H groups in total. The van der Waals surface area contributed by atoms with Gasteiger partial charge in [-0.3, -0.25) is 9.78 Å². The second-order valence-electron chi connectivity index (χ2n) is 3.17. The zero-order valence-corrected chi connectivity index (χ0v) is 8.69. The van der Waals surface area contributed by atoms with Gasteiger partial charge in [0.2, 0.25) is 5.43 Å². The molecule has 0 aliphatic carbocycles. The van der Waals surface area contributed by atoms with Crippen molar-refractivity contribution in [3.05, 3.63) is 40.3 Å². The first-order valence-electron chi connectivity index (χ1n) is 4.87. The van der Waals surface area contributed by atoms with Crippen molar-refractivity contribution < 1.29 is 9.53 Å². The van der Waals surface area contributed by atoms with Gasteiger partial charge in [0.05, 0.1) is 12.1 Å². The number of nitrogens with one attached hydrogen (secondary N) is 1. The topological polar surface area (TPSA) is 72.1 Å². The molecule has 0 unspecified atom stereocenters. The molecule has 2 aromatic rings. The fraction of sp³-hybridized carbons (Fsp3) is 0.182. The molecular weight excluding hydrogens is 208 g/mol. The predicted octanol–water partition coefficient (Wildman–Crippen LogP) is 1.10. The summed E-state index contributed by atoms with van der Waals surface area (Å²) in [5, 5.41) is 0. The molecule has 0 aliphatic heterocycles. The van der Waals surface area contributed by atoms with Crippen LogP contribution in [0.15, 0.2) is 29.2 Å². The first kappa shape index (κ1) is 10.4. The predicted molar refractivity (Wildman–Crippen MR) is 58.3 cm³/mol. The van der Waals surface area contributed by atoms with Crippen LogP contribution >= 0.6 is 0 Å². The van der Waals surface area contributed by atoms with Gasteiger partial charge in [-0.1, -0.05) is 0 Å². The van der Waals surface area contributed by atoms with Crippen LogP contribution in [0.5, 0.6) is 0 Å². The Morgan fingerprint density at radius 2 is 2.38 bits per heavy atom. The molecule has 0 saturated heterocycles. The summed E-state index contributed by atoms with van der Waals surface area (Å²) in [6, 6.07) is 4.58. The molecule has 0 radical (unpaired) electrons. The Morgan fingerprint density at radius 1 is 1.56 bits per heavy atom. The number of fused-ring (bicyclic) bond motifs is 1. The van der Waals surface area contributed by atoms with E-state index in [2.05, 4.69) is 9.97 Å². The zero-order chi connectivity index (χ0) is 11.5. The lowest BCUT2D eigenvalue weighted by Crippen LogP contribution is -2.13. The molecule has 2 heterocycles. The molecule has 16 heavy (non-hydrogen) atoms. The minimum Gasteiger partial charge on any atom is -0.461 e. The smallest absolute Gasteiger partial charge is 0.354 e. The summed E-state index contributed by atoms with van der Waals surface area (Å²) in [4.78, 5) is 29.8. The molecule has 0 bridgehead atoms. The quantitative estimate of drug-likeness (QED) is 0.766. The third-order valence-corrected chi connectivity index (χ3v) is 2.08. The highest BCUT2D eigenvalue weighted by Gasteiger charge is 2.10. The Morgan fingerprint density at radius 3 is 3.12 bits per heavy atom.